The summed E-state index contributed by atoms with van der Waals surface area (Å²) < 4.78 is 7.17. The lowest BCUT2D eigenvalue weighted by molar-refractivity contribution is -0.113. The Kier molecular flexibility index (Phi) is 6.24. The highest BCUT2D eigenvalue weighted by Gasteiger charge is 2.19. The van der Waals surface area contributed by atoms with Crippen molar-refractivity contribution in [2.24, 2.45) is 7.05 Å². The number of thiazole rings is 1. The lowest BCUT2D eigenvalue weighted by Crippen LogP contribution is -2.29. The molecule has 30 heavy (non-hydrogen) atoms. The lowest BCUT2D eigenvalue weighted by atomic mass is 10.1. The van der Waals surface area contributed by atoms with Gasteiger partial charge in [0, 0.05) is 25.8 Å². The minimum Gasteiger partial charge on any atom is -0.497 e. The third-order valence-corrected chi connectivity index (χ3v) is 7.04. The van der Waals surface area contributed by atoms with Gasteiger partial charge >= 0.3 is 0 Å². The van der Waals surface area contributed by atoms with E-state index in [1.165, 1.54) is 34.1 Å². The highest BCUT2D eigenvalue weighted by Crippen LogP contribution is 2.29. The number of carbonyl (C=O) groups is 1. The van der Waals surface area contributed by atoms with Crippen molar-refractivity contribution in [3.05, 3.63) is 34.6 Å². The number of nitrogens with one attached hydrogen (secondary N) is 1. The fourth-order valence-electron chi connectivity index (χ4n) is 3.27. The van der Waals surface area contributed by atoms with Crippen LogP contribution in [0, 0.1) is 0 Å². The Bertz CT molecular complexity index is 1100. The number of thioether (sulfide) groups is 1. The van der Waals surface area contributed by atoms with Crippen LogP contribution in [0.15, 0.2) is 34.2 Å². The number of amides is 1. The third-order valence-electron chi connectivity index (χ3n) is 4.92. The van der Waals surface area contributed by atoms with Crippen LogP contribution in [0.5, 0.6) is 5.75 Å². The second-order valence-corrected chi connectivity index (χ2v) is 8.94. The van der Waals surface area contributed by atoms with E-state index in [0.717, 1.165) is 36.8 Å². The normalized spacial score (nSPS) is 14.1. The minimum absolute atomic E-state index is 0.126. The summed E-state index contributed by atoms with van der Waals surface area (Å²) in [6.45, 7) is 1.93. The monoisotopic (exact) mass is 445 g/mol. The standard InChI is InChI=1S/C20H23N5O3S2/c1-24-18(27)16-17(23-20(30-16)25-10-4-3-5-11-25)22-19(24)29-12-15(26)21-13-6-8-14(28-2)9-7-13/h6-9H,3-5,10-12H2,1-2H3,(H,21,26). The van der Waals surface area contributed by atoms with Crippen molar-refractivity contribution in [1.29, 1.82) is 0 Å². The van der Waals surface area contributed by atoms with Gasteiger partial charge in [-0.1, -0.05) is 23.1 Å². The zero-order valence-electron chi connectivity index (χ0n) is 16.9. The molecule has 1 aromatic carbocycles. The molecule has 1 aliphatic rings. The van der Waals surface area contributed by atoms with Crippen LogP contribution in [0.2, 0.25) is 0 Å². The third kappa shape index (κ3) is 4.44. The largest absolute Gasteiger partial charge is 0.497 e. The molecule has 8 nitrogen and oxygen atoms in total. The van der Waals surface area contributed by atoms with Crippen molar-refractivity contribution in [1.82, 2.24) is 14.5 Å². The zero-order valence-corrected chi connectivity index (χ0v) is 18.5. The molecule has 3 heterocycles. The first-order valence-corrected chi connectivity index (χ1v) is 11.5. The Morgan fingerprint density at radius 3 is 2.63 bits per heavy atom. The van der Waals surface area contributed by atoms with Crippen molar-refractivity contribution in [2.75, 3.05) is 36.2 Å². The van der Waals surface area contributed by atoms with Gasteiger partial charge in [-0.25, -0.2) is 4.98 Å². The van der Waals surface area contributed by atoms with Crippen molar-refractivity contribution < 1.29 is 9.53 Å². The van der Waals surface area contributed by atoms with Gasteiger partial charge in [-0.2, -0.15) is 4.98 Å². The maximum absolute atomic E-state index is 12.8. The number of hydrogen-bond donors (Lipinski definition) is 1. The molecule has 0 aliphatic carbocycles. The highest BCUT2D eigenvalue weighted by atomic mass is 32.2. The number of hydrogen-bond acceptors (Lipinski definition) is 8. The summed E-state index contributed by atoms with van der Waals surface area (Å²) in [5.74, 6) is 0.690. The summed E-state index contributed by atoms with van der Waals surface area (Å²) in [7, 11) is 3.27. The van der Waals surface area contributed by atoms with Crippen LogP contribution in [0.1, 0.15) is 19.3 Å². The molecule has 0 radical (unpaired) electrons. The van der Waals surface area contributed by atoms with Crippen molar-refractivity contribution in [2.45, 2.75) is 24.4 Å². The molecule has 10 heteroatoms. The average Bonchev–Trinajstić information content (AvgIpc) is 3.21. The van der Waals surface area contributed by atoms with Crippen LogP contribution in [0.25, 0.3) is 10.3 Å². The number of fused-ring (bicyclic) bond motifs is 1. The highest BCUT2D eigenvalue weighted by molar-refractivity contribution is 7.99. The maximum Gasteiger partial charge on any atom is 0.273 e. The SMILES string of the molecule is COc1ccc(NC(=O)CSc2nc3nc(N4CCCCC4)sc3c(=O)n2C)cc1. The molecular formula is C20H23N5O3S2. The van der Waals surface area contributed by atoms with E-state index >= 15 is 0 Å². The molecule has 1 amide bonds. The summed E-state index contributed by atoms with van der Waals surface area (Å²) in [5.41, 5.74) is 1.02. The molecule has 1 fully saturated rings. The van der Waals surface area contributed by atoms with Gasteiger partial charge in [-0.05, 0) is 43.5 Å². The van der Waals surface area contributed by atoms with Gasteiger partial charge in [0.15, 0.2) is 15.9 Å². The first-order chi connectivity index (χ1) is 14.5. The molecule has 0 saturated carbocycles. The topological polar surface area (TPSA) is 89.3 Å². The first kappa shape index (κ1) is 20.7. The molecule has 0 spiro atoms. The van der Waals surface area contributed by atoms with Crippen LogP contribution in [0.4, 0.5) is 10.8 Å². The fraction of sp³-hybridized carbons (Fsp3) is 0.400. The summed E-state index contributed by atoms with van der Waals surface area (Å²) in [5, 5.41) is 4.17. The molecule has 3 aromatic rings. The van der Waals surface area contributed by atoms with E-state index in [2.05, 4.69) is 20.2 Å². The minimum atomic E-state index is -0.174. The Labute approximate surface area is 182 Å². The Morgan fingerprint density at radius 2 is 1.93 bits per heavy atom. The molecule has 1 saturated heterocycles. The number of ether oxygens (including phenoxy) is 1. The van der Waals surface area contributed by atoms with E-state index in [-0.39, 0.29) is 17.2 Å². The molecule has 0 bridgehead atoms. The number of carbonyl (C=O) groups excluding carboxylic acids is 1. The fourth-order valence-corrected chi connectivity index (χ4v) is 5.07. The summed E-state index contributed by atoms with van der Waals surface area (Å²) in [6, 6.07) is 7.12. The molecule has 0 unspecified atom stereocenters. The van der Waals surface area contributed by atoms with Gasteiger partial charge in [-0.15, -0.1) is 0 Å². The van der Waals surface area contributed by atoms with Crippen LogP contribution in [-0.2, 0) is 11.8 Å². The van der Waals surface area contributed by atoms with Crippen molar-refractivity contribution >= 4 is 50.2 Å². The van der Waals surface area contributed by atoms with Gasteiger partial charge in [0.05, 0.1) is 12.9 Å². The van der Waals surface area contributed by atoms with Crippen LogP contribution >= 0.6 is 23.1 Å². The predicted octanol–water partition coefficient (Wildman–Crippen LogP) is 3.12. The maximum atomic E-state index is 12.8. The summed E-state index contributed by atoms with van der Waals surface area (Å²) in [6.07, 6.45) is 3.53. The van der Waals surface area contributed by atoms with Gasteiger partial charge in [0.25, 0.3) is 5.56 Å². The van der Waals surface area contributed by atoms with E-state index in [4.69, 9.17) is 4.74 Å². The Morgan fingerprint density at radius 1 is 1.20 bits per heavy atom. The smallest absolute Gasteiger partial charge is 0.273 e. The van der Waals surface area contributed by atoms with E-state index < -0.39 is 0 Å². The van der Waals surface area contributed by atoms with Gasteiger partial charge in [-0.3, -0.25) is 14.2 Å². The molecule has 1 aliphatic heterocycles. The van der Waals surface area contributed by atoms with Crippen molar-refractivity contribution in [3.63, 3.8) is 0 Å². The lowest BCUT2D eigenvalue weighted by Gasteiger charge is -2.25. The van der Waals surface area contributed by atoms with E-state index in [0.29, 0.717) is 21.2 Å². The molecular weight excluding hydrogens is 422 g/mol. The quantitative estimate of drug-likeness (QED) is 0.461. The average molecular weight is 446 g/mol. The number of nitrogens with zero attached hydrogens (tertiary/aromatic N) is 4. The molecule has 4 rings (SSSR count). The first-order valence-electron chi connectivity index (χ1n) is 9.74. The molecule has 158 valence electrons. The summed E-state index contributed by atoms with van der Waals surface area (Å²) in [4.78, 5) is 36.5. The Balaban J connectivity index is 1.47. The number of rotatable bonds is 6. The number of piperidine rings is 1. The van der Waals surface area contributed by atoms with Crippen LogP contribution in [-0.4, -0.2) is 46.4 Å². The Hall–Kier alpha value is -2.59. The zero-order chi connectivity index (χ0) is 21.1. The predicted molar refractivity (Wildman–Crippen MR) is 121 cm³/mol. The summed E-state index contributed by atoms with van der Waals surface area (Å²) >= 11 is 2.62. The van der Waals surface area contributed by atoms with Gasteiger partial charge in [0.2, 0.25) is 5.91 Å². The van der Waals surface area contributed by atoms with E-state index in [1.54, 1.807) is 38.4 Å². The molecule has 1 N–H and O–H groups in total. The van der Waals surface area contributed by atoms with Crippen LogP contribution in [0.3, 0.4) is 0 Å². The van der Waals surface area contributed by atoms with E-state index in [9.17, 15) is 9.59 Å². The number of anilines is 2. The molecule has 0 atom stereocenters. The second kappa shape index (κ2) is 9.05. The second-order valence-electron chi connectivity index (χ2n) is 7.02. The van der Waals surface area contributed by atoms with Crippen molar-refractivity contribution in [3.8, 4) is 5.75 Å². The van der Waals surface area contributed by atoms with Gasteiger partial charge in [0.1, 0.15) is 10.4 Å². The number of aromatic nitrogens is 3. The van der Waals surface area contributed by atoms with Gasteiger partial charge < -0.3 is 15.0 Å². The van der Waals surface area contributed by atoms with Crippen LogP contribution < -0.4 is 20.5 Å². The number of methoxy groups -OCH3 is 1. The number of benzene rings is 1. The molecule has 2 aromatic heterocycles. The van der Waals surface area contributed by atoms with E-state index in [1.807, 2.05) is 0 Å².